The summed E-state index contributed by atoms with van der Waals surface area (Å²) in [5.41, 5.74) is 4.44. The average Bonchev–Trinajstić information content (AvgIpc) is 3.01. The molecule has 1 aliphatic rings. The molecule has 0 saturated carbocycles. The van der Waals surface area contributed by atoms with Crippen LogP contribution in [-0.2, 0) is 0 Å². The zero-order valence-corrected chi connectivity index (χ0v) is 12.9. The highest BCUT2D eigenvalue weighted by Crippen LogP contribution is 2.23. The van der Waals surface area contributed by atoms with E-state index in [1.165, 1.54) is 0 Å². The Kier molecular flexibility index (Phi) is 4.45. The van der Waals surface area contributed by atoms with Crippen molar-refractivity contribution in [3.05, 3.63) is 33.9 Å². The van der Waals surface area contributed by atoms with Crippen LogP contribution in [0.1, 0.15) is 16.8 Å². The molecule has 0 amide bonds. The van der Waals surface area contributed by atoms with Gasteiger partial charge in [0.25, 0.3) is 0 Å². The number of H-pyrrole nitrogens is 1. The standard InChI is InChI=1S/C15H18FN5O3/c16-11-5-9-12(22)10(15(23)24)6-19-13(9)20-14(11)21-4-1-8(7-21)18-3-2-17/h5-6,8,18H,1-4,7,17H2,(H,23,24)(H,19,20,22). The lowest BCUT2D eigenvalue weighted by atomic mass is 10.2. The van der Waals surface area contributed by atoms with E-state index in [2.05, 4.69) is 15.3 Å². The molecule has 0 aliphatic carbocycles. The number of fused-ring (bicyclic) bond motifs is 1. The summed E-state index contributed by atoms with van der Waals surface area (Å²) in [6, 6.07) is 1.25. The third-order valence-electron chi connectivity index (χ3n) is 4.10. The minimum Gasteiger partial charge on any atom is -0.477 e. The first-order chi connectivity index (χ1) is 11.5. The van der Waals surface area contributed by atoms with Crippen molar-refractivity contribution in [3.8, 4) is 0 Å². The molecule has 0 spiro atoms. The summed E-state index contributed by atoms with van der Waals surface area (Å²) in [6.07, 6.45) is 1.92. The Balaban J connectivity index is 1.94. The predicted molar refractivity (Wildman–Crippen MR) is 87.0 cm³/mol. The maximum absolute atomic E-state index is 14.4. The SMILES string of the molecule is NCCNC1CCN(c2nc3[nH]cc(C(=O)O)c(=O)c3cc2F)C1. The van der Waals surface area contributed by atoms with Crippen LogP contribution in [0.3, 0.4) is 0 Å². The minimum atomic E-state index is -1.36. The maximum Gasteiger partial charge on any atom is 0.341 e. The molecular weight excluding hydrogens is 317 g/mol. The fourth-order valence-corrected chi connectivity index (χ4v) is 2.90. The number of hydrogen-bond donors (Lipinski definition) is 4. The van der Waals surface area contributed by atoms with Gasteiger partial charge in [-0.25, -0.2) is 14.2 Å². The number of nitrogens with two attached hydrogens (primary N) is 1. The van der Waals surface area contributed by atoms with Gasteiger partial charge in [-0.1, -0.05) is 0 Å². The molecule has 24 heavy (non-hydrogen) atoms. The molecule has 1 fully saturated rings. The van der Waals surface area contributed by atoms with E-state index in [1.807, 2.05) is 0 Å². The molecule has 3 heterocycles. The molecule has 9 heteroatoms. The molecule has 128 valence electrons. The van der Waals surface area contributed by atoms with Gasteiger partial charge in [0.15, 0.2) is 11.6 Å². The number of hydrogen-bond acceptors (Lipinski definition) is 6. The first-order valence-electron chi connectivity index (χ1n) is 7.65. The van der Waals surface area contributed by atoms with E-state index >= 15 is 0 Å². The lowest BCUT2D eigenvalue weighted by Crippen LogP contribution is -2.36. The van der Waals surface area contributed by atoms with E-state index in [9.17, 15) is 14.0 Å². The molecular formula is C15H18FN5O3. The summed E-state index contributed by atoms with van der Waals surface area (Å²) in [7, 11) is 0. The quantitative estimate of drug-likeness (QED) is 0.601. The number of halogens is 1. The van der Waals surface area contributed by atoms with E-state index < -0.39 is 22.8 Å². The monoisotopic (exact) mass is 335 g/mol. The van der Waals surface area contributed by atoms with Crippen molar-refractivity contribution in [1.29, 1.82) is 0 Å². The predicted octanol–water partition coefficient (Wildman–Crippen LogP) is -0.113. The molecule has 8 nitrogen and oxygen atoms in total. The second-order valence-corrected chi connectivity index (χ2v) is 5.70. The van der Waals surface area contributed by atoms with Crippen LogP contribution in [0, 0.1) is 5.82 Å². The molecule has 5 N–H and O–H groups in total. The van der Waals surface area contributed by atoms with Gasteiger partial charge in [0.1, 0.15) is 11.2 Å². The first-order valence-corrected chi connectivity index (χ1v) is 7.65. The van der Waals surface area contributed by atoms with Crippen molar-refractivity contribution in [2.75, 3.05) is 31.1 Å². The van der Waals surface area contributed by atoms with Gasteiger partial charge in [-0.2, -0.15) is 0 Å². The summed E-state index contributed by atoms with van der Waals surface area (Å²) in [4.78, 5) is 31.7. The van der Waals surface area contributed by atoms with E-state index in [4.69, 9.17) is 10.8 Å². The van der Waals surface area contributed by atoms with Crippen molar-refractivity contribution in [1.82, 2.24) is 15.3 Å². The number of carboxylic acids is 1. The van der Waals surface area contributed by atoms with Crippen LogP contribution in [-0.4, -0.2) is 53.3 Å². The van der Waals surface area contributed by atoms with E-state index in [1.54, 1.807) is 4.90 Å². The third-order valence-corrected chi connectivity index (χ3v) is 4.10. The number of anilines is 1. The molecule has 1 unspecified atom stereocenters. The minimum absolute atomic E-state index is 0.0758. The highest BCUT2D eigenvalue weighted by atomic mass is 19.1. The normalized spacial score (nSPS) is 17.6. The fourth-order valence-electron chi connectivity index (χ4n) is 2.90. The number of carbonyl (C=O) groups is 1. The number of aromatic carboxylic acids is 1. The Morgan fingerprint density at radius 1 is 1.58 bits per heavy atom. The number of rotatable bonds is 5. The molecule has 2 aromatic rings. The van der Waals surface area contributed by atoms with E-state index in [-0.39, 0.29) is 22.9 Å². The number of nitrogens with zero attached hydrogens (tertiary/aromatic N) is 2. The molecule has 2 aromatic heterocycles. The number of carboxylic acid groups (broad SMARTS) is 1. The van der Waals surface area contributed by atoms with Crippen LogP contribution in [0.25, 0.3) is 11.0 Å². The van der Waals surface area contributed by atoms with Crippen molar-refractivity contribution in [2.45, 2.75) is 12.5 Å². The van der Waals surface area contributed by atoms with Crippen LogP contribution in [0.5, 0.6) is 0 Å². The average molecular weight is 335 g/mol. The van der Waals surface area contributed by atoms with Gasteiger partial charge in [-0.3, -0.25) is 4.79 Å². The van der Waals surface area contributed by atoms with Gasteiger partial charge >= 0.3 is 5.97 Å². The van der Waals surface area contributed by atoms with Crippen LogP contribution in [0.4, 0.5) is 10.2 Å². The van der Waals surface area contributed by atoms with Crippen LogP contribution in [0.2, 0.25) is 0 Å². The van der Waals surface area contributed by atoms with Crippen LogP contribution in [0.15, 0.2) is 17.1 Å². The van der Waals surface area contributed by atoms with Gasteiger partial charge < -0.3 is 26.0 Å². The number of pyridine rings is 2. The first kappa shape index (κ1) is 16.3. The molecule has 1 aliphatic heterocycles. The van der Waals surface area contributed by atoms with Crippen molar-refractivity contribution < 1.29 is 14.3 Å². The summed E-state index contributed by atoms with van der Waals surface area (Å²) < 4.78 is 14.4. The van der Waals surface area contributed by atoms with Crippen molar-refractivity contribution in [2.24, 2.45) is 5.73 Å². The second-order valence-electron chi connectivity index (χ2n) is 5.70. The summed E-state index contributed by atoms with van der Waals surface area (Å²) in [6.45, 7) is 2.45. The molecule has 1 atom stereocenters. The summed E-state index contributed by atoms with van der Waals surface area (Å²) >= 11 is 0. The molecule has 1 saturated heterocycles. The maximum atomic E-state index is 14.4. The summed E-state index contributed by atoms with van der Waals surface area (Å²) in [5.74, 6) is -1.86. The van der Waals surface area contributed by atoms with Gasteiger partial charge in [-0.05, 0) is 12.5 Å². The fraction of sp³-hybridized carbons (Fsp3) is 0.400. The van der Waals surface area contributed by atoms with Crippen molar-refractivity contribution in [3.63, 3.8) is 0 Å². The summed E-state index contributed by atoms with van der Waals surface area (Å²) in [5, 5.41) is 12.2. The molecule has 0 aromatic carbocycles. The molecule has 0 bridgehead atoms. The largest absolute Gasteiger partial charge is 0.477 e. The topological polar surface area (TPSA) is 124 Å². The number of aromatic amines is 1. The number of aromatic nitrogens is 2. The zero-order chi connectivity index (χ0) is 17.3. The van der Waals surface area contributed by atoms with Crippen LogP contribution < -0.4 is 21.4 Å². The van der Waals surface area contributed by atoms with Gasteiger partial charge in [0.2, 0.25) is 5.43 Å². The van der Waals surface area contributed by atoms with Crippen molar-refractivity contribution >= 4 is 22.8 Å². The molecule has 0 radical (unpaired) electrons. The Morgan fingerprint density at radius 3 is 3.08 bits per heavy atom. The van der Waals surface area contributed by atoms with Gasteiger partial charge in [0, 0.05) is 38.4 Å². The molecule has 3 rings (SSSR count). The lowest BCUT2D eigenvalue weighted by molar-refractivity contribution is 0.0695. The smallest absolute Gasteiger partial charge is 0.341 e. The van der Waals surface area contributed by atoms with Gasteiger partial charge in [0.05, 0.1) is 5.39 Å². The van der Waals surface area contributed by atoms with E-state index in [0.29, 0.717) is 26.2 Å². The Morgan fingerprint density at radius 2 is 2.38 bits per heavy atom. The van der Waals surface area contributed by atoms with Gasteiger partial charge in [-0.15, -0.1) is 0 Å². The second kappa shape index (κ2) is 6.54. The Hall–Kier alpha value is -2.52. The lowest BCUT2D eigenvalue weighted by Gasteiger charge is -2.19. The highest BCUT2D eigenvalue weighted by Gasteiger charge is 2.26. The zero-order valence-electron chi connectivity index (χ0n) is 12.9. The Bertz CT molecular complexity index is 838. The van der Waals surface area contributed by atoms with Crippen LogP contribution >= 0.6 is 0 Å². The Labute approximate surface area is 136 Å². The highest BCUT2D eigenvalue weighted by molar-refractivity contribution is 5.91. The number of nitrogens with one attached hydrogen (secondary N) is 2. The van der Waals surface area contributed by atoms with E-state index in [0.717, 1.165) is 18.7 Å². The third kappa shape index (κ3) is 2.95.